The van der Waals surface area contributed by atoms with Gasteiger partial charge in [0.2, 0.25) is 0 Å². The van der Waals surface area contributed by atoms with Gasteiger partial charge in [0.15, 0.2) is 0 Å². The molecule has 0 radical (unpaired) electrons. The molecule has 0 atom stereocenters. The normalized spacial score (nSPS) is 11.8. The summed E-state index contributed by atoms with van der Waals surface area (Å²) in [5.74, 6) is 0. The molecule has 0 aliphatic rings. The molecule has 1 N–H and O–H groups in total. The third-order valence-electron chi connectivity index (χ3n) is 0.894. The van der Waals surface area contributed by atoms with Gasteiger partial charge in [-0.25, -0.2) is 0 Å². The zero-order valence-corrected chi connectivity index (χ0v) is 6.57. The summed E-state index contributed by atoms with van der Waals surface area (Å²) in [5, 5.41) is 4.77. The SMILES string of the molecule is CNCC/C=C/C=C\S. The van der Waals surface area contributed by atoms with Crippen LogP contribution in [0.1, 0.15) is 6.42 Å². The molecule has 1 nitrogen and oxygen atoms in total. The number of hydrogen-bond acceptors (Lipinski definition) is 2. The minimum Gasteiger partial charge on any atom is -0.319 e. The lowest BCUT2D eigenvalue weighted by molar-refractivity contribution is 0.808. The molecule has 52 valence electrons. The third-order valence-corrected chi connectivity index (χ3v) is 1.07. The highest BCUT2D eigenvalue weighted by Gasteiger charge is 1.72. The highest BCUT2D eigenvalue weighted by Crippen LogP contribution is 1.83. The standard InChI is InChI=1S/C7H13NS/c1-8-6-4-2-3-5-7-9/h2-3,5,7-9H,4,6H2,1H3/b3-2+,7-5-. The van der Waals surface area contributed by atoms with Crippen LogP contribution in [0, 0.1) is 0 Å². The second-order valence-corrected chi connectivity index (χ2v) is 1.96. The lowest BCUT2D eigenvalue weighted by Crippen LogP contribution is -2.05. The van der Waals surface area contributed by atoms with Crippen molar-refractivity contribution in [2.24, 2.45) is 0 Å². The smallest absolute Gasteiger partial charge is 0.00172 e. The maximum absolute atomic E-state index is 3.90. The average molecular weight is 143 g/mol. The van der Waals surface area contributed by atoms with Gasteiger partial charge in [0.1, 0.15) is 0 Å². The van der Waals surface area contributed by atoms with Gasteiger partial charge in [-0.1, -0.05) is 18.2 Å². The fourth-order valence-electron chi connectivity index (χ4n) is 0.452. The van der Waals surface area contributed by atoms with Crippen molar-refractivity contribution in [2.45, 2.75) is 6.42 Å². The van der Waals surface area contributed by atoms with Crippen molar-refractivity contribution in [1.82, 2.24) is 5.32 Å². The van der Waals surface area contributed by atoms with Crippen molar-refractivity contribution in [2.75, 3.05) is 13.6 Å². The maximum Gasteiger partial charge on any atom is -0.00172 e. The van der Waals surface area contributed by atoms with Crippen LogP contribution in [0.25, 0.3) is 0 Å². The number of hydrogen-bond donors (Lipinski definition) is 2. The van der Waals surface area contributed by atoms with Crippen LogP contribution < -0.4 is 5.32 Å². The van der Waals surface area contributed by atoms with Crippen LogP contribution in [0.15, 0.2) is 23.6 Å². The van der Waals surface area contributed by atoms with Gasteiger partial charge in [0.05, 0.1) is 0 Å². The highest BCUT2D eigenvalue weighted by atomic mass is 32.1. The van der Waals surface area contributed by atoms with Crippen LogP contribution in [0.4, 0.5) is 0 Å². The fourth-order valence-corrected chi connectivity index (χ4v) is 0.552. The van der Waals surface area contributed by atoms with E-state index in [-0.39, 0.29) is 0 Å². The average Bonchev–Trinajstić information content (AvgIpc) is 1.89. The summed E-state index contributed by atoms with van der Waals surface area (Å²) in [7, 11) is 1.95. The van der Waals surface area contributed by atoms with E-state index in [1.54, 1.807) is 5.41 Å². The van der Waals surface area contributed by atoms with Crippen LogP contribution >= 0.6 is 12.6 Å². The van der Waals surface area contributed by atoms with Gasteiger partial charge < -0.3 is 5.32 Å². The molecular weight excluding hydrogens is 130 g/mol. The lowest BCUT2D eigenvalue weighted by Gasteiger charge is -1.88. The summed E-state index contributed by atoms with van der Waals surface area (Å²) < 4.78 is 0. The number of allylic oxidation sites excluding steroid dienone is 2. The van der Waals surface area contributed by atoms with Gasteiger partial charge in [0.25, 0.3) is 0 Å². The quantitative estimate of drug-likeness (QED) is 0.346. The molecule has 9 heavy (non-hydrogen) atoms. The Balaban J connectivity index is 3.04. The van der Waals surface area contributed by atoms with E-state index in [0.717, 1.165) is 13.0 Å². The molecule has 0 spiro atoms. The molecule has 0 amide bonds. The fraction of sp³-hybridized carbons (Fsp3) is 0.429. The molecular formula is C7H13NS. The Hall–Kier alpha value is -0.210. The maximum atomic E-state index is 3.90. The molecule has 0 aliphatic carbocycles. The summed E-state index contributed by atoms with van der Waals surface area (Å²) >= 11 is 3.90. The van der Waals surface area contributed by atoms with E-state index in [1.807, 2.05) is 19.2 Å². The Kier molecular flexibility index (Phi) is 7.61. The molecule has 0 saturated heterocycles. The molecule has 0 fully saturated rings. The van der Waals surface area contributed by atoms with Gasteiger partial charge >= 0.3 is 0 Å². The molecule has 0 aromatic rings. The first-order valence-electron chi connectivity index (χ1n) is 3.02. The Morgan fingerprint density at radius 3 is 2.78 bits per heavy atom. The second-order valence-electron chi connectivity index (χ2n) is 1.66. The van der Waals surface area contributed by atoms with E-state index in [0.29, 0.717) is 0 Å². The largest absolute Gasteiger partial charge is 0.319 e. The third kappa shape index (κ3) is 7.79. The van der Waals surface area contributed by atoms with Gasteiger partial charge in [-0.3, -0.25) is 0 Å². The predicted molar refractivity (Wildman–Crippen MR) is 45.8 cm³/mol. The minimum atomic E-state index is 1.04. The van der Waals surface area contributed by atoms with Crippen molar-refractivity contribution < 1.29 is 0 Å². The van der Waals surface area contributed by atoms with Crippen LogP contribution in [-0.4, -0.2) is 13.6 Å². The van der Waals surface area contributed by atoms with Crippen LogP contribution in [-0.2, 0) is 0 Å². The summed E-state index contributed by atoms with van der Waals surface area (Å²) in [6.45, 7) is 1.04. The van der Waals surface area contributed by atoms with E-state index in [4.69, 9.17) is 0 Å². The van der Waals surface area contributed by atoms with E-state index >= 15 is 0 Å². The Morgan fingerprint density at radius 1 is 1.44 bits per heavy atom. The van der Waals surface area contributed by atoms with E-state index in [9.17, 15) is 0 Å². The zero-order valence-electron chi connectivity index (χ0n) is 5.67. The summed E-state index contributed by atoms with van der Waals surface area (Å²) in [6, 6.07) is 0. The Bertz CT molecular complexity index is 97.1. The first-order chi connectivity index (χ1) is 4.41. The number of rotatable bonds is 4. The van der Waals surface area contributed by atoms with Crippen LogP contribution in [0.5, 0.6) is 0 Å². The van der Waals surface area contributed by atoms with Crippen molar-refractivity contribution in [3.63, 3.8) is 0 Å². The zero-order chi connectivity index (χ0) is 6.95. The minimum absolute atomic E-state index is 1.04. The highest BCUT2D eigenvalue weighted by molar-refractivity contribution is 7.83. The Morgan fingerprint density at radius 2 is 2.22 bits per heavy atom. The molecule has 0 aliphatic heterocycles. The van der Waals surface area contributed by atoms with E-state index < -0.39 is 0 Å². The summed E-state index contributed by atoms with van der Waals surface area (Å²) in [5.41, 5.74) is 0. The van der Waals surface area contributed by atoms with Crippen molar-refractivity contribution in [1.29, 1.82) is 0 Å². The topological polar surface area (TPSA) is 12.0 Å². The second kappa shape index (κ2) is 7.79. The first kappa shape index (κ1) is 8.79. The van der Waals surface area contributed by atoms with Crippen LogP contribution in [0.2, 0.25) is 0 Å². The molecule has 0 aromatic heterocycles. The molecule has 0 heterocycles. The van der Waals surface area contributed by atoms with Crippen molar-refractivity contribution in [3.8, 4) is 0 Å². The first-order valence-corrected chi connectivity index (χ1v) is 3.54. The number of nitrogens with one attached hydrogen (secondary N) is 1. The molecule has 0 aromatic carbocycles. The number of thiol groups is 1. The summed E-state index contributed by atoms with van der Waals surface area (Å²) in [4.78, 5) is 0. The van der Waals surface area contributed by atoms with Gasteiger partial charge in [-0.2, -0.15) is 12.6 Å². The monoisotopic (exact) mass is 143 g/mol. The van der Waals surface area contributed by atoms with Gasteiger partial charge in [0, 0.05) is 0 Å². The predicted octanol–water partition coefficient (Wildman–Crippen LogP) is 1.60. The van der Waals surface area contributed by atoms with Crippen LogP contribution in [0.3, 0.4) is 0 Å². The molecule has 0 unspecified atom stereocenters. The van der Waals surface area contributed by atoms with Crippen molar-refractivity contribution in [3.05, 3.63) is 23.6 Å². The van der Waals surface area contributed by atoms with Gasteiger partial charge in [-0.05, 0) is 25.4 Å². The molecule has 0 rings (SSSR count). The lowest BCUT2D eigenvalue weighted by atomic mass is 10.4. The summed E-state index contributed by atoms with van der Waals surface area (Å²) in [6.07, 6.45) is 7.07. The van der Waals surface area contributed by atoms with E-state index in [2.05, 4.69) is 24.0 Å². The Labute approximate surface area is 62.3 Å². The molecule has 0 saturated carbocycles. The van der Waals surface area contributed by atoms with Crippen molar-refractivity contribution >= 4 is 12.6 Å². The molecule has 0 bridgehead atoms. The van der Waals surface area contributed by atoms with E-state index in [1.165, 1.54) is 0 Å². The van der Waals surface area contributed by atoms with Gasteiger partial charge in [-0.15, -0.1) is 0 Å². The molecule has 2 heteroatoms.